The molecule has 104 valence electrons. The quantitative estimate of drug-likeness (QED) is 0.865. The molecule has 0 saturated carbocycles. The molecule has 4 rings (SSSR count). The van der Waals surface area contributed by atoms with Gasteiger partial charge in [0.2, 0.25) is 0 Å². The average Bonchev–Trinajstić information content (AvgIpc) is 2.45. The van der Waals surface area contributed by atoms with Crippen molar-refractivity contribution in [3.63, 3.8) is 0 Å². The van der Waals surface area contributed by atoms with Gasteiger partial charge < -0.3 is 14.9 Å². The molecule has 1 aromatic rings. The van der Waals surface area contributed by atoms with Crippen molar-refractivity contribution in [3.05, 3.63) is 23.8 Å². The fourth-order valence-electron chi connectivity index (χ4n) is 3.46. The van der Waals surface area contributed by atoms with Crippen LogP contribution in [0.3, 0.4) is 0 Å². The number of fused-ring (bicyclic) bond motifs is 3. The molecule has 19 heavy (non-hydrogen) atoms. The van der Waals surface area contributed by atoms with Crippen molar-refractivity contribution in [3.8, 4) is 11.5 Å². The number of benzene rings is 1. The number of methoxy groups -OCH3 is 1. The van der Waals surface area contributed by atoms with Crippen molar-refractivity contribution < 1.29 is 14.9 Å². The van der Waals surface area contributed by atoms with Crippen molar-refractivity contribution in [2.45, 2.75) is 31.4 Å². The van der Waals surface area contributed by atoms with Gasteiger partial charge in [0, 0.05) is 6.04 Å². The molecule has 2 bridgehead atoms. The summed E-state index contributed by atoms with van der Waals surface area (Å²) in [5.74, 6) is 1.13. The summed E-state index contributed by atoms with van der Waals surface area (Å²) in [7, 11) is 1.56. The summed E-state index contributed by atoms with van der Waals surface area (Å²) in [5, 5.41) is 20.0. The molecule has 2 N–H and O–H groups in total. The Morgan fingerprint density at radius 3 is 2.68 bits per heavy atom. The number of aliphatic hydroxyl groups is 1. The molecule has 3 aliphatic rings. The van der Waals surface area contributed by atoms with E-state index in [9.17, 15) is 10.2 Å². The third-order valence-corrected chi connectivity index (χ3v) is 4.61. The average molecular weight is 263 g/mol. The zero-order valence-electron chi connectivity index (χ0n) is 11.2. The number of phenolic OH excluding ortho intramolecular Hbond substituents is 1. The molecule has 3 aliphatic heterocycles. The maximum Gasteiger partial charge on any atom is 0.160 e. The second kappa shape index (κ2) is 5.02. The van der Waals surface area contributed by atoms with Gasteiger partial charge in [-0.3, -0.25) is 4.90 Å². The van der Waals surface area contributed by atoms with E-state index >= 15 is 0 Å². The number of piperidine rings is 3. The van der Waals surface area contributed by atoms with Gasteiger partial charge in [0.15, 0.2) is 11.5 Å². The lowest BCUT2D eigenvalue weighted by Crippen LogP contribution is -2.58. The zero-order chi connectivity index (χ0) is 13.4. The summed E-state index contributed by atoms with van der Waals surface area (Å²) < 4.78 is 5.14. The van der Waals surface area contributed by atoms with Crippen molar-refractivity contribution in [2.75, 3.05) is 20.2 Å². The smallest absolute Gasteiger partial charge is 0.160 e. The number of ether oxygens (including phenoxy) is 1. The maximum absolute atomic E-state index is 10.4. The zero-order valence-corrected chi connectivity index (χ0v) is 11.2. The summed E-state index contributed by atoms with van der Waals surface area (Å²) in [4.78, 5) is 2.39. The van der Waals surface area contributed by atoms with Gasteiger partial charge in [-0.25, -0.2) is 0 Å². The Morgan fingerprint density at radius 2 is 2.05 bits per heavy atom. The summed E-state index contributed by atoms with van der Waals surface area (Å²) in [6.07, 6.45) is 2.84. The van der Waals surface area contributed by atoms with Crippen LogP contribution in [0, 0.1) is 5.92 Å². The first kappa shape index (κ1) is 12.8. The first-order valence-corrected chi connectivity index (χ1v) is 6.97. The number of aromatic hydroxyl groups is 1. The highest BCUT2D eigenvalue weighted by molar-refractivity contribution is 5.42. The van der Waals surface area contributed by atoms with Crippen LogP contribution in [0.15, 0.2) is 18.2 Å². The SMILES string of the molecule is COc1cc(CC2C(O)C3CCN2CC3)ccc1O. The molecule has 0 aromatic heterocycles. The van der Waals surface area contributed by atoms with Gasteiger partial charge in [0.05, 0.1) is 13.2 Å². The molecule has 0 amide bonds. The first-order chi connectivity index (χ1) is 9.19. The van der Waals surface area contributed by atoms with Crippen LogP contribution in [0.25, 0.3) is 0 Å². The van der Waals surface area contributed by atoms with Gasteiger partial charge in [-0.05, 0) is 56.0 Å². The Morgan fingerprint density at radius 1 is 1.32 bits per heavy atom. The fraction of sp³-hybridized carbons (Fsp3) is 0.600. The van der Waals surface area contributed by atoms with E-state index in [-0.39, 0.29) is 17.9 Å². The van der Waals surface area contributed by atoms with Gasteiger partial charge in [0.25, 0.3) is 0 Å². The normalized spacial score (nSPS) is 33.4. The molecule has 3 fully saturated rings. The van der Waals surface area contributed by atoms with Crippen LogP contribution in [0.5, 0.6) is 11.5 Å². The van der Waals surface area contributed by atoms with E-state index in [0.717, 1.165) is 37.9 Å². The molecule has 3 saturated heterocycles. The highest BCUT2D eigenvalue weighted by Crippen LogP contribution is 2.35. The highest BCUT2D eigenvalue weighted by Gasteiger charge is 2.40. The van der Waals surface area contributed by atoms with E-state index in [1.807, 2.05) is 12.1 Å². The molecular weight excluding hydrogens is 242 g/mol. The Labute approximate surface area is 113 Å². The van der Waals surface area contributed by atoms with Gasteiger partial charge in [-0.1, -0.05) is 6.07 Å². The largest absolute Gasteiger partial charge is 0.504 e. The number of hydrogen-bond acceptors (Lipinski definition) is 4. The van der Waals surface area contributed by atoms with Gasteiger partial charge in [-0.15, -0.1) is 0 Å². The maximum atomic E-state index is 10.4. The minimum Gasteiger partial charge on any atom is -0.504 e. The second-order valence-corrected chi connectivity index (χ2v) is 5.64. The van der Waals surface area contributed by atoms with Crippen molar-refractivity contribution in [1.29, 1.82) is 0 Å². The van der Waals surface area contributed by atoms with E-state index in [0.29, 0.717) is 11.7 Å². The third-order valence-electron chi connectivity index (χ3n) is 4.61. The molecule has 4 nitrogen and oxygen atoms in total. The lowest BCUT2D eigenvalue weighted by Gasteiger charge is -2.49. The predicted molar refractivity (Wildman–Crippen MR) is 72.5 cm³/mol. The number of rotatable bonds is 3. The fourth-order valence-corrected chi connectivity index (χ4v) is 3.46. The molecule has 0 radical (unpaired) electrons. The third kappa shape index (κ3) is 2.30. The minimum absolute atomic E-state index is 0.164. The molecule has 0 spiro atoms. The van der Waals surface area contributed by atoms with Crippen molar-refractivity contribution >= 4 is 0 Å². The highest BCUT2D eigenvalue weighted by atomic mass is 16.5. The van der Waals surface area contributed by atoms with E-state index in [1.54, 1.807) is 13.2 Å². The van der Waals surface area contributed by atoms with Gasteiger partial charge >= 0.3 is 0 Å². The Hall–Kier alpha value is -1.26. The molecule has 0 aliphatic carbocycles. The Balaban J connectivity index is 1.77. The van der Waals surface area contributed by atoms with Gasteiger partial charge in [0.1, 0.15) is 0 Å². The van der Waals surface area contributed by atoms with Crippen LogP contribution >= 0.6 is 0 Å². The van der Waals surface area contributed by atoms with Crippen LogP contribution < -0.4 is 4.74 Å². The number of hydrogen-bond donors (Lipinski definition) is 2. The standard InChI is InChI=1S/C15H21NO3/c1-19-14-9-10(2-3-13(14)17)8-12-15(18)11-4-6-16(12)7-5-11/h2-3,9,11-12,15,17-18H,4-8H2,1H3. The van der Waals surface area contributed by atoms with Crippen LogP contribution in [-0.2, 0) is 6.42 Å². The van der Waals surface area contributed by atoms with Crippen LogP contribution in [0.4, 0.5) is 0 Å². The molecule has 2 atom stereocenters. The number of phenols is 1. The summed E-state index contributed by atoms with van der Waals surface area (Å²) in [5.41, 5.74) is 1.10. The summed E-state index contributed by atoms with van der Waals surface area (Å²) >= 11 is 0. The van der Waals surface area contributed by atoms with Crippen LogP contribution in [-0.4, -0.2) is 47.5 Å². The number of aliphatic hydroxyl groups excluding tert-OH is 1. The topological polar surface area (TPSA) is 52.9 Å². The van der Waals surface area contributed by atoms with Crippen molar-refractivity contribution in [1.82, 2.24) is 4.90 Å². The predicted octanol–water partition coefficient (Wildman–Crippen LogP) is 1.40. The monoisotopic (exact) mass is 263 g/mol. The summed E-state index contributed by atoms with van der Waals surface area (Å²) in [6.45, 7) is 2.20. The van der Waals surface area contributed by atoms with E-state index in [2.05, 4.69) is 4.90 Å². The van der Waals surface area contributed by atoms with Gasteiger partial charge in [-0.2, -0.15) is 0 Å². The lowest BCUT2D eigenvalue weighted by molar-refractivity contribution is -0.0715. The first-order valence-electron chi connectivity index (χ1n) is 6.97. The second-order valence-electron chi connectivity index (χ2n) is 5.64. The minimum atomic E-state index is -0.220. The Bertz CT molecular complexity index is 453. The van der Waals surface area contributed by atoms with E-state index in [1.165, 1.54) is 0 Å². The van der Waals surface area contributed by atoms with Crippen LogP contribution in [0.2, 0.25) is 0 Å². The van der Waals surface area contributed by atoms with E-state index < -0.39 is 0 Å². The molecule has 2 unspecified atom stereocenters. The molecule has 1 aromatic carbocycles. The summed E-state index contributed by atoms with van der Waals surface area (Å²) in [6, 6.07) is 5.65. The molecule has 3 heterocycles. The van der Waals surface area contributed by atoms with Crippen LogP contribution in [0.1, 0.15) is 18.4 Å². The Kier molecular flexibility index (Phi) is 3.37. The van der Waals surface area contributed by atoms with Crippen molar-refractivity contribution in [2.24, 2.45) is 5.92 Å². The molecule has 4 heteroatoms. The lowest BCUT2D eigenvalue weighted by atomic mass is 9.78. The number of nitrogens with zero attached hydrogens (tertiary/aromatic N) is 1. The van der Waals surface area contributed by atoms with E-state index in [4.69, 9.17) is 4.74 Å². The molecular formula is C15H21NO3.